The van der Waals surface area contributed by atoms with Crippen LogP contribution < -0.4 is 15.5 Å². The quantitative estimate of drug-likeness (QED) is 0.336. The molecule has 31 heavy (non-hydrogen) atoms. The first kappa shape index (κ1) is 25.4. The van der Waals surface area contributed by atoms with Gasteiger partial charge in [-0.05, 0) is 66.5 Å². The van der Waals surface area contributed by atoms with Crippen LogP contribution in [0.25, 0.3) is 0 Å². The van der Waals surface area contributed by atoms with Gasteiger partial charge in [-0.25, -0.2) is 9.98 Å². The maximum Gasteiger partial charge on any atom is 0.191 e. The van der Waals surface area contributed by atoms with E-state index in [1.807, 2.05) is 6.20 Å². The van der Waals surface area contributed by atoms with Crippen molar-refractivity contribution in [1.29, 1.82) is 0 Å². The number of nitrogens with one attached hydrogen (secondary N) is 2. The van der Waals surface area contributed by atoms with Crippen molar-refractivity contribution in [2.75, 3.05) is 37.6 Å². The van der Waals surface area contributed by atoms with Crippen molar-refractivity contribution in [3.05, 3.63) is 23.9 Å². The van der Waals surface area contributed by atoms with Crippen molar-refractivity contribution in [1.82, 2.24) is 20.5 Å². The van der Waals surface area contributed by atoms with Crippen LogP contribution in [0.2, 0.25) is 0 Å². The molecule has 7 nitrogen and oxygen atoms in total. The van der Waals surface area contributed by atoms with E-state index in [0.29, 0.717) is 18.6 Å². The molecule has 1 aliphatic heterocycles. The van der Waals surface area contributed by atoms with Gasteiger partial charge in [0.1, 0.15) is 5.82 Å². The van der Waals surface area contributed by atoms with Crippen LogP contribution in [0.3, 0.4) is 0 Å². The molecule has 1 aromatic heterocycles. The monoisotopic (exact) mass is 432 g/mol. The summed E-state index contributed by atoms with van der Waals surface area (Å²) in [5, 5.41) is 6.81. The van der Waals surface area contributed by atoms with Crippen molar-refractivity contribution in [3.63, 3.8) is 0 Å². The number of guanidine groups is 1. The fraction of sp³-hybridized carbons (Fsp3) is 0.750. The van der Waals surface area contributed by atoms with Gasteiger partial charge in [-0.2, -0.15) is 0 Å². The van der Waals surface area contributed by atoms with Crippen molar-refractivity contribution in [3.8, 4) is 0 Å². The number of anilines is 1. The molecule has 0 saturated carbocycles. The number of hydrogen-bond acceptors (Lipinski definition) is 5. The zero-order valence-electron chi connectivity index (χ0n) is 20.7. The Morgan fingerprint density at radius 1 is 1.16 bits per heavy atom. The van der Waals surface area contributed by atoms with Crippen LogP contribution in [0.15, 0.2) is 23.3 Å². The summed E-state index contributed by atoms with van der Waals surface area (Å²) in [7, 11) is 0. The number of aliphatic imine (C=N–C) groups is 1. The van der Waals surface area contributed by atoms with Gasteiger partial charge in [0, 0.05) is 51.0 Å². The molecular weight excluding hydrogens is 388 g/mol. The molecule has 1 aliphatic rings. The summed E-state index contributed by atoms with van der Waals surface area (Å²) < 4.78 is 5.82. The highest BCUT2D eigenvalue weighted by Crippen LogP contribution is 2.18. The van der Waals surface area contributed by atoms with Crippen LogP contribution in [0.1, 0.15) is 60.5 Å². The Morgan fingerprint density at radius 3 is 2.39 bits per heavy atom. The average Bonchev–Trinajstić information content (AvgIpc) is 2.70. The smallest absolute Gasteiger partial charge is 0.191 e. The summed E-state index contributed by atoms with van der Waals surface area (Å²) in [6.45, 7) is 20.6. The number of pyridine rings is 1. The molecule has 2 heterocycles. The number of hydrogen-bond donors (Lipinski definition) is 2. The van der Waals surface area contributed by atoms with E-state index in [4.69, 9.17) is 9.73 Å². The van der Waals surface area contributed by atoms with Gasteiger partial charge in [0.05, 0.1) is 18.8 Å². The number of morpholine rings is 1. The third kappa shape index (κ3) is 8.65. The van der Waals surface area contributed by atoms with Crippen molar-refractivity contribution in [2.24, 2.45) is 4.99 Å². The van der Waals surface area contributed by atoms with E-state index < -0.39 is 0 Å². The number of rotatable bonds is 10. The molecule has 0 bridgehead atoms. The molecule has 2 unspecified atom stereocenters. The highest BCUT2D eigenvalue weighted by molar-refractivity contribution is 5.79. The van der Waals surface area contributed by atoms with E-state index in [0.717, 1.165) is 56.5 Å². The summed E-state index contributed by atoms with van der Waals surface area (Å²) in [5.41, 5.74) is 1.11. The standard InChI is InChI=1S/C24H44N6O/c1-8-25-24(26-12-9-13-30(18(2)3)19(4)5)28-15-22-10-11-23(27-14-22)29-16-20(6)31-21(7)17-29/h10-11,14,18-21H,8-9,12-13,15-17H2,1-7H3,(H2,25,26,28). The van der Waals surface area contributed by atoms with Gasteiger partial charge in [-0.3, -0.25) is 4.90 Å². The molecule has 2 atom stereocenters. The van der Waals surface area contributed by atoms with Crippen LogP contribution >= 0.6 is 0 Å². The molecule has 2 N–H and O–H groups in total. The van der Waals surface area contributed by atoms with E-state index in [-0.39, 0.29) is 12.2 Å². The molecule has 0 aromatic carbocycles. The molecule has 0 aliphatic carbocycles. The maximum atomic E-state index is 5.82. The number of ether oxygens (including phenoxy) is 1. The Hall–Kier alpha value is -1.86. The first-order valence-electron chi connectivity index (χ1n) is 11.9. The summed E-state index contributed by atoms with van der Waals surface area (Å²) >= 11 is 0. The molecule has 1 fully saturated rings. The van der Waals surface area contributed by atoms with E-state index >= 15 is 0 Å². The largest absolute Gasteiger partial charge is 0.372 e. The molecule has 0 amide bonds. The Balaban J connectivity index is 1.85. The lowest BCUT2D eigenvalue weighted by atomic mass is 10.2. The topological polar surface area (TPSA) is 65.0 Å². The van der Waals surface area contributed by atoms with Gasteiger partial charge in [-0.15, -0.1) is 0 Å². The van der Waals surface area contributed by atoms with Crippen molar-refractivity contribution in [2.45, 2.75) is 85.7 Å². The predicted octanol–water partition coefficient (Wildman–Crippen LogP) is 3.26. The van der Waals surface area contributed by atoms with Crippen LogP contribution in [-0.4, -0.2) is 72.9 Å². The fourth-order valence-corrected chi connectivity index (χ4v) is 4.16. The summed E-state index contributed by atoms with van der Waals surface area (Å²) in [6, 6.07) is 5.37. The highest BCUT2D eigenvalue weighted by Gasteiger charge is 2.22. The summed E-state index contributed by atoms with van der Waals surface area (Å²) in [4.78, 5) is 14.2. The Labute approximate surface area is 189 Å². The van der Waals surface area contributed by atoms with Crippen LogP contribution in [0, 0.1) is 0 Å². The van der Waals surface area contributed by atoms with Gasteiger partial charge < -0.3 is 20.3 Å². The SMILES string of the molecule is CCNC(=NCc1ccc(N2CC(C)OC(C)C2)nc1)NCCCN(C(C)C)C(C)C. The predicted molar refractivity (Wildman–Crippen MR) is 131 cm³/mol. The third-order valence-corrected chi connectivity index (χ3v) is 5.53. The minimum Gasteiger partial charge on any atom is -0.372 e. The van der Waals surface area contributed by atoms with Gasteiger partial charge in [0.15, 0.2) is 5.96 Å². The lowest BCUT2D eigenvalue weighted by Gasteiger charge is -2.36. The minimum absolute atomic E-state index is 0.233. The normalized spacial score (nSPS) is 20.1. The highest BCUT2D eigenvalue weighted by atomic mass is 16.5. The second-order valence-electron chi connectivity index (χ2n) is 9.09. The summed E-state index contributed by atoms with van der Waals surface area (Å²) in [5.74, 6) is 1.88. The minimum atomic E-state index is 0.233. The van der Waals surface area contributed by atoms with E-state index in [9.17, 15) is 0 Å². The molecule has 7 heteroatoms. The summed E-state index contributed by atoms with van der Waals surface area (Å²) in [6.07, 6.45) is 3.50. The van der Waals surface area contributed by atoms with E-state index in [1.54, 1.807) is 0 Å². The maximum absolute atomic E-state index is 5.82. The first-order valence-corrected chi connectivity index (χ1v) is 11.9. The van der Waals surface area contributed by atoms with Gasteiger partial charge in [0.2, 0.25) is 0 Å². The molecule has 0 radical (unpaired) electrons. The lowest BCUT2D eigenvalue weighted by Crippen LogP contribution is -2.45. The lowest BCUT2D eigenvalue weighted by molar-refractivity contribution is -0.00545. The Morgan fingerprint density at radius 2 is 1.84 bits per heavy atom. The van der Waals surface area contributed by atoms with Crippen LogP contribution in [0.4, 0.5) is 5.82 Å². The first-order chi connectivity index (χ1) is 14.8. The van der Waals surface area contributed by atoms with E-state index in [1.165, 1.54) is 0 Å². The molecule has 176 valence electrons. The van der Waals surface area contributed by atoms with Crippen molar-refractivity contribution < 1.29 is 4.74 Å². The van der Waals surface area contributed by atoms with Crippen LogP contribution in [-0.2, 0) is 11.3 Å². The zero-order chi connectivity index (χ0) is 22.8. The Kier molecular flexibility index (Phi) is 10.5. The molecule has 2 rings (SSSR count). The van der Waals surface area contributed by atoms with Gasteiger partial charge >= 0.3 is 0 Å². The molecule has 0 spiro atoms. The number of nitrogens with zero attached hydrogens (tertiary/aromatic N) is 4. The van der Waals surface area contributed by atoms with Gasteiger partial charge in [-0.1, -0.05) is 6.07 Å². The second-order valence-corrected chi connectivity index (χ2v) is 9.09. The van der Waals surface area contributed by atoms with E-state index in [2.05, 4.69) is 86.0 Å². The average molecular weight is 433 g/mol. The molecular formula is C24H44N6O. The van der Waals surface area contributed by atoms with Crippen molar-refractivity contribution >= 4 is 11.8 Å². The molecule has 1 aromatic rings. The number of aromatic nitrogens is 1. The zero-order valence-corrected chi connectivity index (χ0v) is 20.7. The second kappa shape index (κ2) is 12.9. The fourth-order valence-electron chi connectivity index (χ4n) is 4.16. The van der Waals surface area contributed by atoms with Crippen LogP contribution in [0.5, 0.6) is 0 Å². The Bertz CT molecular complexity index is 643. The van der Waals surface area contributed by atoms with Gasteiger partial charge in [0.25, 0.3) is 0 Å². The molecule has 1 saturated heterocycles. The third-order valence-electron chi connectivity index (χ3n) is 5.53.